The lowest BCUT2D eigenvalue weighted by atomic mass is 10.1. The first kappa shape index (κ1) is 13.2. The van der Waals surface area contributed by atoms with Gasteiger partial charge in [-0.2, -0.15) is 0 Å². The van der Waals surface area contributed by atoms with E-state index in [4.69, 9.17) is 0 Å². The molecule has 0 saturated heterocycles. The highest BCUT2D eigenvalue weighted by atomic mass is 19.1. The topological polar surface area (TPSA) is 55.6 Å². The van der Waals surface area contributed by atoms with Crippen molar-refractivity contribution in [3.8, 4) is 5.69 Å². The molecule has 1 aromatic heterocycles. The molecule has 6 heteroatoms. The molecule has 0 atom stereocenters. The molecular formula is C15H14FN5. The van der Waals surface area contributed by atoms with Crippen molar-refractivity contribution < 1.29 is 4.39 Å². The summed E-state index contributed by atoms with van der Waals surface area (Å²) in [7, 11) is 0. The normalized spacial score (nSPS) is 10.6. The summed E-state index contributed by atoms with van der Waals surface area (Å²) in [6, 6.07) is 12.6. The molecule has 0 aliphatic carbocycles. The molecule has 0 aliphatic heterocycles. The predicted octanol–water partition coefficient (Wildman–Crippen LogP) is 2.72. The third-order valence-electron chi connectivity index (χ3n) is 3.26. The summed E-state index contributed by atoms with van der Waals surface area (Å²) in [6.07, 6.45) is 1.53. The summed E-state index contributed by atoms with van der Waals surface area (Å²) in [5, 5.41) is 14.3. The van der Waals surface area contributed by atoms with Gasteiger partial charge in [-0.1, -0.05) is 24.3 Å². The number of anilines is 1. The number of tetrazole rings is 1. The van der Waals surface area contributed by atoms with Gasteiger partial charge in [0.05, 0.1) is 5.69 Å². The summed E-state index contributed by atoms with van der Waals surface area (Å²) in [6.45, 7) is 2.42. The largest absolute Gasteiger partial charge is 0.381 e. The summed E-state index contributed by atoms with van der Waals surface area (Å²) < 4.78 is 15.2. The molecule has 5 nitrogen and oxygen atoms in total. The number of aromatic nitrogens is 4. The van der Waals surface area contributed by atoms with Gasteiger partial charge in [0.2, 0.25) is 0 Å². The Kier molecular flexibility index (Phi) is 3.59. The molecule has 3 aromatic rings. The number of benzene rings is 2. The molecule has 106 valence electrons. The Hall–Kier alpha value is -2.76. The Balaban J connectivity index is 1.82. The molecule has 0 fully saturated rings. The highest BCUT2D eigenvalue weighted by Gasteiger charge is 2.05. The van der Waals surface area contributed by atoms with Gasteiger partial charge in [0.25, 0.3) is 0 Å². The molecule has 0 bridgehead atoms. The van der Waals surface area contributed by atoms with Crippen LogP contribution in [0.2, 0.25) is 0 Å². The van der Waals surface area contributed by atoms with Crippen molar-refractivity contribution in [3.63, 3.8) is 0 Å². The molecule has 0 saturated carbocycles. The monoisotopic (exact) mass is 283 g/mol. The number of hydrogen-bond donors (Lipinski definition) is 1. The van der Waals surface area contributed by atoms with Gasteiger partial charge in [0, 0.05) is 17.8 Å². The number of hydrogen-bond acceptors (Lipinski definition) is 4. The number of halogens is 1. The fourth-order valence-electron chi connectivity index (χ4n) is 2.05. The number of nitrogens with one attached hydrogen (secondary N) is 1. The number of aryl methyl sites for hydroxylation is 1. The third-order valence-corrected chi connectivity index (χ3v) is 3.26. The van der Waals surface area contributed by atoms with Crippen molar-refractivity contribution in [2.24, 2.45) is 0 Å². The van der Waals surface area contributed by atoms with E-state index in [1.807, 2.05) is 31.2 Å². The van der Waals surface area contributed by atoms with E-state index in [0.717, 1.165) is 16.9 Å². The van der Waals surface area contributed by atoms with Crippen molar-refractivity contribution in [1.82, 2.24) is 20.2 Å². The minimum Gasteiger partial charge on any atom is -0.381 e. The van der Waals surface area contributed by atoms with Crippen LogP contribution in [0.15, 0.2) is 48.8 Å². The number of nitrogens with zero attached hydrogens (tertiary/aromatic N) is 4. The molecule has 21 heavy (non-hydrogen) atoms. The highest BCUT2D eigenvalue weighted by Crippen LogP contribution is 2.20. The molecule has 0 amide bonds. The first-order chi connectivity index (χ1) is 10.2. The van der Waals surface area contributed by atoms with Gasteiger partial charge in [-0.3, -0.25) is 0 Å². The molecule has 0 spiro atoms. The highest BCUT2D eigenvalue weighted by molar-refractivity contribution is 5.56. The van der Waals surface area contributed by atoms with Gasteiger partial charge < -0.3 is 5.32 Å². The summed E-state index contributed by atoms with van der Waals surface area (Å²) >= 11 is 0. The lowest BCUT2D eigenvalue weighted by Crippen LogP contribution is -2.04. The van der Waals surface area contributed by atoms with E-state index in [2.05, 4.69) is 20.8 Å². The van der Waals surface area contributed by atoms with E-state index in [0.29, 0.717) is 12.1 Å². The first-order valence-corrected chi connectivity index (χ1v) is 6.55. The van der Waals surface area contributed by atoms with Gasteiger partial charge in [0.1, 0.15) is 12.1 Å². The van der Waals surface area contributed by atoms with Crippen LogP contribution in [0.5, 0.6) is 0 Å². The van der Waals surface area contributed by atoms with E-state index in [9.17, 15) is 4.39 Å². The Morgan fingerprint density at radius 3 is 2.81 bits per heavy atom. The van der Waals surface area contributed by atoms with Gasteiger partial charge in [0.15, 0.2) is 0 Å². The van der Waals surface area contributed by atoms with Crippen LogP contribution >= 0.6 is 0 Å². The molecule has 1 heterocycles. The van der Waals surface area contributed by atoms with Crippen molar-refractivity contribution in [1.29, 1.82) is 0 Å². The molecule has 0 aliphatic rings. The molecule has 1 N–H and O–H groups in total. The molecule has 0 unspecified atom stereocenters. The van der Waals surface area contributed by atoms with E-state index in [1.54, 1.807) is 16.8 Å². The standard InChI is InChI=1S/C15H14FN5/c1-11-6-7-13(21-10-18-19-20-21)8-15(11)17-9-12-4-2-3-5-14(12)16/h2-8,10,17H,9H2,1H3. The van der Waals surface area contributed by atoms with E-state index < -0.39 is 0 Å². The predicted molar refractivity (Wildman–Crippen MR) is 77.6 cm³/mol. The summed E-state index contributed by atoms with van der Waals surface area (Å²) in [5.41, 5.74) is 3.47. The molecule has 2 aromatic carbocycles. The summed E-state index contributed by atoms with van der Waals surface area (Å²) in [4.78, 5) is 0. The smallest absolute Gasteiger partial charge is 0.143 e. The fourth-order valence-corrected chi connectivity index (χ4v) is 2.05. The van der Waals surface area contributed by atoms with Gasteiger partial charge in [-0.25, -0.2) is 9.07 Å². The maximum atomic E-state index is 13.6. The van der Waals surface area contributed by atoms with Crippen LogP contribution in [0.4, 0.5) is 10.1 Å². The second kappa shape index (κ2) is 5.70. The molecular weight excluding hydrogens is 269 g/mol. The zero-order valence-corrected chi connectivity index (χ0v) is 11.5. The average molecular weight is 283 g/mol. The molecule has 0 radical (unpaired) electrons. The maximum Gasteiger partial charge on any atom is 0.143 e. The van der Waals surface area contributed by atoms with E-state index >= 15 is 0 Å². The molecule has 3 rings (SSSR count). The van der Waals surface area contributed by atoms with E-state index in [1.165, 1.54) is 12.4 Å². The third kappa shape index (κ3) is 2.89. The van der Waals surface area contributed by atoms with Crippen LogP contribution in [-0.2, 0) is 6.54 Å². The SMILES string of the molecule is Cc1ccc(-n2cnnn2)cc1NCc1ccccc1F. The van der Waals surface area contributed by atoms with Gasteiger partial charge >= 0.3 is 0 Å². The maximum absolute atomic E-state index is 13.6. The fraction of sp³-hybridized carbons (Fsp3) is 0.133. The minimum absolute atomic E-state index is 0.209. The van der Waals surface area contributed by atoms with Crippen molar-refractivity contribution in [2.75, 3.05) is 5.32 Å². The van der Waals surface area contributed by atoms with Crippen LogP contribution in [0.25, 0.3) is 5.69 Å². The van der Waals surface area contributed by atoms with Gasteiger partial charge in [-0.15, -0.1) is 5.10 Å². The summed E-state index contributed by atoms with van der Waals surface area (Å²) in [5.74, 6) is -0.209. The number of rotatable bonds is 4. The van der Waals surface area contributed by atoms with Crippen LogP contribution in [-0.4, -0.2) is 20.2 Å². The zero-order chi connectivity index (χ0) is 14.7. The second-order valence-corrected chi connectivity index (χ2v) is 4.70. The van der Waals surface area contributed by atoms with Gasteiger partial charge in [-0.05, 0) is 41.1 Å². The van der Waals surface area contributed by atoms with Crippen LogP contribution in [0.1, 0.15) is 11.1 Å². The lowest BCUT2D eigenvalue weighted by molar-refractivity contribution is 0.613. The quantitative estimate of drug-likeness (QED) is 0.800. The van der Waals surface area contributed by atoms with Crippen LogP contribution < -0.4 is 5.32 Å². The van der Waals surface area contributed by atoms with Crippen molar-refractivity contribution >= 4 is 5.69 Å². The Labute approximate surface area is 121 Å². The lowest BCUT2D eigenvalue weighted by Gasteiger charge is -2.12. The average Bonchev–Trinajstić information content (AvgIpc) is 3.02. The minimum atomic E-state index is -0.209. The van der Waals surface area contributed by atoms with Crippen LogP contribution in [0.3, 0.4) is 0 Å². The van der Waals surface area contributed by atoms with Crippen molar-refractivity contribution in [3.05, 3.63) is 65.7 Å². The second-order valence-electron chi connectivity index (χ2n) is 4.70. The Morgan fingerprint density at radius 2 is 2.05 bits per heavy atom. The van der Waals surface area contributed by atoms with Crippen LogP contribution in [0, 0.1) is 12.7 Å². The Morgan fingerprint density at radius 1 is 1.19 bits per heavy atom. The zero-order valence-electron chi connectivity index (χ0n) is 11.5. The first-order valence-electron chi connectivity index (χ1n) is 6.55. The Bertz CT molecular complexity index is 740. The van der Waals surface area contributed by atoms with E-state index in [-0.39, 0.29) is 5.82 Å². The van der Waals surface area contributed by atoms with Crippen molar-refractivity contribution in [2.45, 2.75) is 13.5 Å².